The van der Waals surface area contributed by atoms with Crippen molar-refractivity contribution < 1.29 is 19.4 Å². The van der Waals surface area contributed by atoms with Crippen molar-refractivity contribution in [2.75, 3.05) is 13.7 Å². The Bertz CT molecular complexity index is 1230. The molecule has 9 heteroatoms. The number of aliphatic hydroxyl groups is 1. The third kappa shape index (κ3) is 4.70. The molecule has 0 aliphatic carbocycles. The van der Waals surface area contributed by atoms with Gasteiger partial charge in [0.2, 0.25) is 0 Å². The Hall–Kier alpha value is -3.41. The number of nitrogens with zero attached hydrogens (tertiary/aromatic N) is 4. The van der Waals surface area contributed by atoms with E-state index < -0.39 is 12.1 Å². The van der Waals surface area contributed by atoms with Crippen LogP contribution in [0.25, 0.3) is 5.69 Å². The van der Waals surface area contributed by atoms with Gasteiger partial charge in [-0.15, -0.1) is 0 Å². The number of benzene rings is 1. The van der Waals surface area contributed by atoms with E-state index in [0.29, 0.717) is 33.3 Å². The van der Waals surface area contributed by atoms with Crippen LogP contribution in [-0.2, 0) is 4.74 Å². The number of carbonyl (C=O) groups excluding carboxylic acids is 1. The number of hydrogen-bond acceptors (Lipinski definition) is 7. The predicted octanol–water partition coefficient (Wildman–Crippen LogP) is 4.49. The van der Waals surface area contributed by atoms with Crippen molar-refractivity contribution in [2.45, 2.75) is 39.7 Å². The molecule has 33 heavy (non-hydrogen) atoms. The lowest BCUT2D eigenvalue weighted by Gasteiger charge is -2.19. The molecule has 1 unspecified atom stereocenters. The van der Waals surface area contributed by atoms with E-state index >= 15 is 0 Å². The first-order valence-corrected chi connectivity index (χ1v) is 10.8. The SMILES string of the molecule is CCOC(=O)c1nn(-c2cc(C#N)ncc2OC)c(C(C)C)c1C(O)c1ccc(Cl)cc1C. The van der Waals surface area contributed by atoms with Gasteiger partial charge in [-0.25, -0.2) is 14.5 Å². The van der Waals surface area contributed by atoms with Gasteiger partial charge >= 0.3 is 5.97 Å². The molecule has 2 aromatic heterocycles. The first-order valence-electron chi connectivity index (χ1n) is 10.4. The lowest BCUT2D eigenvalue weighted by Crippen LogP contribution is -2.13. The number of esters is 1. The number of rotatable bonds is 7. The first kappa shape index (κ1) is 24.2. The fourth-order valence-electron chi connectivity index (χ4n) is 3.72. The second kappa shape index (κ2) is 10.0. The van der Waals surface area contributed by atoms with Crippen LogP contribution in [-0.4, -0.2) is 39.6 Å². The van der Waals surface area contributed by atoms with E-state index in [1.165, 1.54) is 24.1 Å². The number of pyridine rings is 1. The highest BCUT2D eigenvalue weighted by Crippen LogP contribution is 2.37. The Morgan fingerprint density at radius 3 is 2.64 bits per heavy atom. The Balaban J connectivity index is 2.36. The van der Waals surface area contributed by atoms with Crippen LogP contribution in [0.15, 0.2) is 30.5 Å². The molecule has 0 radical (unpaired) electrons. The van der Waals surface area contributed by atoms with Crippen LogP contribution in [0, 0.1) is 18.3 Å². The van der Waals surface area contributed by atoms with E-state index in [0.717, 1.165) is 5.56 Å². The molecular formula is C24H25ClN4O4. The van der Waals surface area contributed by atoms with Gasteiger partial charge < -0.3 is 14.6 Å². The highest BCUT2D eigenvalue weighted by molar-refractivity contribution is 6.30. The van der Waals surface area contributed by atoms with Gasteiger partial charge in [-0.2, -0.15) is 10.4 Å². The maximum Gasteiger partial charge on any atom is 0.359 e. The van der Waals surface area contributed by atoms with Crippen LogP contribution < -0.4 is 4.74 Å². The van der Waals surface area contributed by atoms with Crippen molar-refractivity contribution in [1.82, 2.24) is 14.8 Å². The molecule has 0 saturated carbocycles. The summed E-state index contributed by atoms with van der Waals surface area (Å²) < 4.78 is 12.2. The molecule has 3 aromatic rings. The molecule has 2 heterocycles. The Morgan fingerprint density at radius 1 is 1.33 bits per heavy atom. The summed E-state index contributed by atoms with van der Waals surface area (Å²) in [6.07, 6.45) is 0.250. The third-order valence-electron chi connectivity index (χ3n) is 5.18. The highest BCUT2D eigenvalue weighted by atomic mass is 35.5. The smallest absolute Gasteiger partial charge is 0.359 e. The van der Waals surface area contributed by atoms with Gasteiger partial charge in [0, 0.05) is 16.7 Å². The van der Waals surface area contributed by atoms with Gasteiger partial charge in [-0.1, -0.05) is 31.5 Å². The predicted molar refractivity (Wildman–Crippen MR) is 123 cm³/mol. The maximum absolute atomic E-state index is 12.9. The van der Waals surface area contributed by atoms with E-state index in [-0.39, 0.29) is 23.9 Å². The molecule has 1 atom stereocenters. The molecule has 8 nitrogen and oxygen atoms in total. The minimum absolute atomic E-state index is 0.0141. The van der Waals surface area contributed by atoms with E-state index in [1.54, 1.807) is 25.1 Å². The number of carbonyl (C=O) groups is 1. The number of halogens is 1. The second-order valence-corrected chi connectivity index (χ2v) is 8.13. The van der Waals surface area contributed by atoms with Gasteiger partial charge in [0.1, 0.15) is 23.6 Å². The number of methoxy groups -OCH3 is 1. The van der Waals surface area contributed by atoms with E-state index in [4.69, 9.17) is 21.1 Å². The Kier molecular flexibility index (Phi) is 7.36. The number of aliphatic hydroxyl groups excluding tert-OH is 1. The standard InChI is InChI=1S/C24H25ClN4O4/c1-6-33-24(31)21-20(23(30)17-8-7-15(25)9-14(17)4)22(13(2)3)29(28-21)18-10-16(11-26)27-12-19(18)32-5/h7-10,12-13,23,30H,6H2,1-5H3. The van der Waals surface area contributed by atoms with Crippen LogP contribution in [0.1, 0.15) is 71.4 Å². The zero-order valence-corrected chi connectivity index (χ0v) is 19.8. The first-order chi connectivity index (χ1) is 15.7. The second-order valence-electron chi connectivity index (χ2n) is 7.69. The Morgan fingerprint density at radius 2 is 2.06 bits per heavy atom. The molecule has 1 aromatic carbocycles. The summed E-state index contributed by atoms with van der Waals surface area (Å²) in [6, 6.07) is 8.67. The minimum atomic E-state index is -1.17. The zero-order chi connectivity index (χ0) is 24.3. The quantitative estimate of drug-likeness (QED) is 0.508. The summed E-state index contributed by atoms with van der Waals surface area (Å²) in [7, 11) is 1.48. The average molecular weight is 469 g/mol. The van der Waals surface area contributed by atoms with Crippen LogP contribution in [0.3, 0.4) is 0 Å². The number of ether oxygens (including phenoxy) is 2. The van der Waals surface area contributed by atoms with Gasteiger partial charge in [0.25, 0.3) is 0 Å². The van der Waals surface area contributed by atoms with E-state index in [2.05, 4.69) is 10.1 Å². The van der Waals surface area contributed by atoms with Crippen molar-refractivity contribution in [1.29, 1.82) is 5.26 Å². The van der Waals surface area contributed by atoms with Crippen molar-refractivity contribution >= 4 is 17.6 Å². The van der Waals surface area contributed by atoms with Gasteiger partial charge in [0.05, 0.1) is 25.6 Å². The van der Waals surface area contributed by atoms with Gasteiger partial charge in [-0.05, 0) is 43.0 Å². The van der Waals surface area contributed by atoms with Crippen molar-refractivity contribution in [3.8, 4) is 17.5 Å². The largest absolute Gasteiger partial charge is 0.493 e. The van der Waals surface area contributed by atoms with Crippen molar-refractivity contribution in [2.24, 2.45) is 0 Å². The summed E-state index contributed by atoms with van der Waals surface area (Å²) in [5, 5.41) is 25.9. The maximum atomic E-state index is 12.9. The highest BCUT2D eigenvalue weighted by Gasteiger charge is 2.32. The molecule has 0 saturated heterocycles. The summed E-state index contributed by atoms with van der Waals surface area (Å²) in [4.78, 5) is 17.0. The summed E-state index contributed by atoms with van der Waals surface area (Å²) in [5.74, 6) is -0.466. The van der Waals surface area contributed by atoms with E-state index in [1.807, 2.05) is 26.8 Å². The lowest BCUT2D eigenvalue weighted by atomic mass is 9.92. The van der Waals surface area contributed by atoms with Crippen LogP contribution >= 0.6 is 11.6 Å². The molecule has 0 spiro atoms. The summed E-state index contributed by atoms with van der Waals surface area (Å²) in [6.45, 7) is 7.52. The fraction of sp³-hybridized carbons (Fsp3) is 0.333. The molecular weight excluding hydrogens is 444 g/mol. The van der Waals surface area contributed by atoms with Gasteiger partial charge in [-0.3, -0.25) is 0 Å². The normalized spacial score (nSPS) is 11.8. The topological polar surface area (TPSA) is 110 Å². The minimum Gasteiger partial charge on any atom is -0.493 e. The Labute approximate surface area is 197 Å². The monoisotopic (exact) mass is 468 g/mol. The molecule has 0 aliphatic rings. The van der Waals surface area contributed by atoms with Crippen molar-refractivity contribution in [3.63, 3.8) is 0 Å². The summed E-state index contributed by atoms with van der Waals surface area (Å²) >= 11 is 6.10. The lowest BCUT2D eigenvalue weighted by molar-refractivity contribution is 0.0513. The molecule has 3 rings (SSSR count). The number of hydrogen-bond donors (Lipinski definition) is 1. The molecule has 0 aliphatic heterocycles. The molecule has 0 amide bonds. The van der Waals surface area contributed by atoms with E-state index in [9.17, 15) is 15.2 Å². The van der Waals surface area contributed by atoms with Gasteiger partial charge in [0.15, 0.2) is 11.4 Å². The molecule has 1 N–H and O–H groups in total. The zero-order valence-electron chi connectivity index (χ0n) is 19.1. The van der Waals surface area contributed by atoms with Crippen LogP contribution in [0.2, 0.25) is 5.02 Å². The van der Waals surface area contributed by atoms with Crippen molar-refractivity contribution in [3.05, 3.63) is 69.3 Å². The number of aromatic nitrogens is 3. The summed E-state index contributed by atoms with van der Waals surface area (Å²) in [5.41, 5.74) is 2.82. The number of aryl methyl sites for hydroxylation is 1. The number of nitriles is 1. The fourth-order valence-corrected chi connectivity index (χ4v) is 3.95. The molecule has 0 bridgehead atoms. The van der Waals surface area contributed by atoms with Crippen LogP contribution in [0.4, 0.5) is 0 Å². The average Bonchev–Trinajstić information content (AvgIpc) is 3.19. The van der Waals surface area contributed by atoms with Crippen LogP contribution in [0.5, 0.6) is 5.75 Å². The molecule has 0 fully saturated rings. The molecule has 172 valence electrons. The third-order valence-corrected chi connectivity index (χ3v) is 5.42.